The molecule has 1 aliphatic rings. The minimum Gasteiger partial charge on any atom is -0.341 e. The van der Waals surface area contributed by atoms with Crippen molar-refractivity contribution in [2.24, 2.45) is 5.92 Å². The summed E-state index contributed by atoms with van der Waals surface area (Å²) in [6.45, 7) is 0.378. The molecule has 1 aliphatic carbocycles. The Morgan fingerprint density at radius 3 is 2.67 bits per heavy atom. The number of hydrogen-bond acceptors (Lipinski definition) is 2. The lowest BCUT2D eigenvalue weighted by Crippen LogP contribution is -2.47. The number of hydrogen-bond donors (Lipinski definition) is 3. The van der Waals surface area contributed by atoms with Gasteiger partial charge in [0.25, 0.3) is 0 Å². The fourth-order valence-corrected chi connectivity index (χ4v) is 1.81. The summed E-state index contributed by atoms with van der Waals surface area (Å²) < 4.78 is 27.2. The van der Waals surface area contributed by atoms with Crippen LogP contribution < -0.4 is 15.5 Å². The number of urea groups is 1. The van der Waals surface area contributed by atoms with E-state index in [1.807, 2.05) is 0 Å². The Bertz CT molecular complexity index is 537. The average molecular weight is 319 g/mol. The lowest BCUT2D eigenvalue weighted by Gasteiger charge is -2.25. The molecule has 0 heterocycles. The van der Waals surface area contributed by atoms with Crippen LogP contribution in [0.15, 0.2) is 18.2 Å². The number of nitrogens with one attached hydrogen (secondary N) is 3. The number of benzene rings is 1. The van der Waals surface area contributed by atoms with E-state index in [2.05, 4.69) is 10.6 Å². The second kappa shape index (κ2) is 7.21. The highest BCUT2D eigenvalue weighted by atomic mass is 35.5. The van der Waals surface area contributed by atoms with Gasteiger partial charge in [-0.1, -0.05) is 6.07 Å². The SMILES string of the molecule is CNC(=O)NC(=N)N(CC1CC1)c1cccc(F)c1F.Cl. The predicted molar refractivity (Wildman–Crippen MR) is 79.0 cm³/mol. The molecule has 0 spiro atoms. The molecule has 0 aliphatic heterocycles. The van der Waals surface area contributed by atoms with E-state index in [4.69, 9.17) is 5.41 Å². The van der Waals surface area contributed by atoms with Crippen molar-refractivity contribution in [3.05, 3.63) is 29.8 Å². The Morgan fingerprint density at radius 1 is 1.43 bits per heavy atom. The number of carbonyl (C=O) groups excluding carboxylic acids is 1. The van der Waals surface area contributed by atoms with Gasteiger partial charge in [-0.3, -0.25) is 10.7 Å². The normalized spacial score (nSPS) is 13.1. The number of rotatable bonds is 3. The summed E-state index contributed by atoms with van der Waals surface area (Å²) in [5.74, 6) is -1.93. The van der Waals surface area contributed by atoms with Crippen molar-refractivity contribution >= 4 is 30.1 Å². The molecule has 0 bridgehead atoms. The molecule has 1 aromatic rings. The van der Waals surface area contributed by atoms with Gasteiger partial charge >= 0.3 is 6.03 Å². The largest absolute Gasteiger partial charge is 0.341 e. The van der Waals surface area contributed by atoms with Crippen molar-refractivity contribution in [2.45, 2.75) is 12.8 Å². The van der Waals surface area contributed by atoms with Gasteiger partial charge < -0.3 is 10.2 Å². The van der Waals surface area contributed by atoms with Gasteiger partial charge in [0.2, 0.25) is 5.96 Å². The number of guanidine groups is 1. The summed E-state index contributed by atoms with van der Waals surface area (Å²) in [5, 5.41) is 12.5. The Morgan fingerprint density at radius 2 is 2.10 bits per heavy atom. The van der Waals surface area contributed by atoms with Gasteiger partial charge in [-0.05, 0) is 30.9 Å². The monoisotopic (exact) mass is 318 g/mol. The van der Waals surface area contributed by atoms with Crippen LogP contribution in [0.3, 0.4) is 0 Å². The molecule has 1 fully saturated rings. The molecule has 0 unspecified atom stereocenters. The van der Waals surface area contributed by atoms with Crippen LogP contribution >= 0.6 is 12.4 Å². The highest BCUT2D eigenvalue weighted by molar-refractivity contribution is 6.03. The third-order valence-electron chi connectivity index (χ3n) is 3.09. The number of carbonyl (C=O) groups is 1. The summed E-state index contributed by atoms with van der Waals surface area (Å²) in [5.41, 5.74) is -0.0432. The maximum atomic E-state index is 13.9. The summed E-state index contributed by atoms with van der Waals surface area (Å²) >= 11 is 0. The van der Waals surface area contributed by atoms with Crippen molar-refractivity contribution in [3.63, 3.8) is 0 Å². The van der Waals surface area contributed by atoms with Crippen LogP contribution in [0.2, 0.25) is 0 Å². The Kier molecular flexibility index (Phi) is 5.90. The molecule has 116 valence electrons. The molecular formula is C13H17ClF2N4O. The molecule has 0 saturated heterocycles. The zero-order valence-corrected chi connectivity index (χ0v) is 12.3. The first-order chi connectivity index (χ1) is 9.52. The lowest BCUT2D eigenvalue weighted by atomic mass is 10.2. The minimum atomic E-state index is -1.02. The predicted octanol–water partition coefficient (Wildman–Crippen LogP) is 2.47. The van der Waals surface area contributed by atoms with Gasteiger partial charge in [0, 0.05) is 13.6 Å². The van der Waals surface area contributed by atoms with Crippen molar-refractivity contribution in [2.75, 3.05) is 18.5 Å². The van der Waals surface area contributed by atoms with Crippen LogP contribution in [-0.2, 0) is 0 Å². The van der Waals surface area contributed by atoms with Crippen LogP contribution in [0, 0.1) is 23.0 Å². The molecule has 0 atom stereocenters. The van der Waals surface area contributed by atoms with Crippen LogP contribution in [-0.4, -0.2) is 25.6 Å². The summed E-state index contributed by atoms with van der Waals surface area (Å²) in [4.78, 5) is 12.5. The van der Waals surface area contributed by atoms with E-state index < -0.39 is 17.7 Å². The van der Waals surface area contributed by atoms with E-state index in [-0.39, 0.29) is 24.1 Å². The fourth-order valence-electron chi connectivity index (χ4n) is 1.81. The van der Waals surface area contributed by atoms with Crippen LogP contribution in [0.1, 0.15) is 12.8 Å². The Balaban J connectivity index is 0.00000220. The summed E-state index contributed by atoms with van der Waals surface area (Å²) in [6.07, 6.45) is 1.97. The van der Waals surface area contributed by atoms with E-state index in [1.165, 1.54) is 24.1 Å². The zero-order valence-electron chi connectivity index (χ0n) is 11.5. The first-order valence-corrected chi connectivity index (χ1v) is 6.31. The van der Waals surface area contributed by atoms with E-state index in [0.29, 0.717) is 12.5 Å². The van der Waals surface area contributed by atoms with E-state index in [1.54, 1.807) is 0 Å². The molecule has 0 aromatic heterocycles. The van der Waals surface area contributed by atoms with E-state index in [9.17, 15) is 13.6 Å². The standard InChI is InChI=1S/C13H16F2N4O.ClH/c1-17-13(20)18-12(16)19(7-8-5-6-8)10-4-2-3-9(14)11(10)15;/h2-4,8H,5-7H2,1H3,(H3,16,17,18,20);1H. The van der Waals surface area contributed by atoms with E-state index >= 15 is 0 Å². The third-order valence-corrected chi connectivity index (χ3v) is 3.09. The average Bonchev–Trinajstić information content (AvgIpc) is 3.23. The van der Waals surface area contributed by atoms with Gasteiger partial charge in [0.15, 0.2) is 11.6 Å². The first kappa shape index (κ1) is 17.2. The Hall–Kier alpha value is -1.89. The Labute approximate surface area is 127 Å². The van der Waals surface area contributed by atoms with Crippen LogP contribution in [0.5, 0.6) is 0 Å². The quantitative estimate of drug-likeness (QED) is 0.592. The topological polar surface area (TPSA) is 68.2 Å². The van der Waals surface area contributed by atoms with Crippen molar-refractivity contribution in [1.29, 1.82) is 5.41 Å². The van der Waals surface area contributed by atoms with Gasteiger partial charge in [0.05, 0.1) is 5.69 Å². The lowest BCUT2D eigenvalue weighted by molar-refractivity contribution is 0.247. The summed E-state index contributed by atoms with van der Waals surface area (Å²) in [7, 11) is 1.41. The zero-order chi connectivity index (χ0) is 14.7. The number of nitrogens with zero attached hydrogens (tertiary/aromatic N) is 1. The third kappa shape index (κ3) is 4.29. The molecule has 3 N–H and O–H groups in total. The van der Waals surface area contributed by atoms with Crippen molar-refractivity contribution < 1.29 is 13.6 Å². The highest BCUT2D eigenvalue weighted by Crippen LogP contribution is 2.32. The molecule has 2 rings (SSSR count). The first-order valence-electron chi connectivity index (χ1n) is 6.31. The number of amides is 2. The molecule has 0 radical (unpaired) electrons. The molecule has 5 nitrogen and oxygen atoms in total. The second-order valence-electron chi connectivity index (χ2n) is 4.68. The molecule has 2 amide bonds. The maximum Gasteiger partial charge on any atom is 0.321 e. The molecule has 1 aromatic carbocycles. The van der Waals surface area contributed by atoms with Gasteiger partial charge in [0.1, 0.15) is 0 Å². The summed E-state index contributed by atoms with van der Waals surface area (Å²) in [6, 6.07) is 3.21. The smallest absolute Gasteiger partial charge is 0.321 e. The molecular weight excluding hydrogens is 302 g/mol. The molecule has 8 heteroatoms. The molecule has 21 heavy (non-hydrogen) atoms. The van der Waals surface area contributed by atoms with Gasteiger partial charge in [-0.2, -0.15) is 0 Å². The highest BCUT2D eigenvalue weighted by Gasteiger charge is 2.28. The minimum absolute atomic E-state index is 0. The van der Waals surface area contributed by atoms with Crippen LogP contribution in [0.25, 0.3) is 0 Å². The number of halogens is 3. The van der Waals surface area contributed by atoms with Crippen molar-refractivity contribution in [1.82, 2.24) is 10.6 Å². The maximum absolute atomic E-state index is 13.9. The van der Waals surface area contributed by atoms with E-state index in [0.717, 1.165) is 18.9 Å². The fraction of sp³-hybridized carbons (Fsp3) is 0.385. The van der Waals surface area contributed by atoms with Gasteiger partial charge in [-0.15, -0.1) is 12.4 Å². The van der Waals surface area contributed by atoms with Gasteiger partial charge in [-0.25, -0.2) is 13.6 Å². The molecule has 1 saturated carbocycles. The second-order valence-corrected chi connectivity index (χ2v) is 4.68. The van der Waals surface area contributed by atoms with Crippen LogP contribution in [0.4, 0.5) is 19.3 Å². The van der Waals surface area contributed by atoms with Crippen molar-refractivity contribution in [3.8, 4) is 0 Å². The number of anilines is 1.